The number of nitrogens with zero attached hydrogens (tertiary/aromatic N) is 1. The Morgan fingerprint density at radius 1 is 1.26 bits per heavy atom. The summed E-state index contributed by atoms with van der Waals surface area (Å²) >= 11 is 1.81. The summed E-state index contributed by atoms with van der Waals surface area (Å²) in [5.74, 6) is 0. The first-order valence-electron chi connectivity index (χ1n) is 7.40. The molecular weight excluding hydrogens is 252 g/mol. The molecule has 2 rings (SSSR count). The highest BCUT2D eigenvalue weighted by molar-refractivity contribution is 7.98. The zero-order chi connectivity index (χ0) is 13.5. The number of likely N-dealkylation sites (N-methyl/N-ethyl adjacent to an activating group) is 1. The fourth-order valence-electron chi connectivity index (χ4n) is 2.69. The number of nitrogens with one attached hydrogen (secondary N) is 1. The van der Waals surface area contributed by atoms with E-state index in [0.717, 1.165) is 13.1 Å². The third-order valence-electron chi connectivity index (χ3n) is 3.90. The molecular formula is C16H26N2S. The van der Waals surface area contributed by atoms with E-state index in [0.29, 0.717) is 6.04 Å². The lowest BCUT2D eigenvalue weighted by atomic mass is 10.0. The lowest BCUT2D eigenvalue weighted by Gasteiger charge is -2.30. The third kappa shape index (κ3) is 4.83. The van der Waals surface area contributed by atoms with Crippen molar-refractivity contribution in [3.63, 3.8) is 0 Å². The Balaban J connectivity index is 1.86. The van der Waals surface area contributed by atoms with Gasteiger partial charge < -0.3 is 5.32 Å². The van der Waals surface area contributed by atoms with Crippen molar-refractivity contribution in [3.8, 4) is 0 Å². The van der Waals surface area contributed by atoms with E-state index in [-0.39, 0.29) is 0 Å². The Kier molecular flexibility index (Phi) is 6.21. The minimum Gasteiger partial charge on any atom is -0.313 e. The SMILES string of the molecule is CCN(Cc1ccc(SC)cc1)CC1CCCCN1. The molecule has 1 aromatic carbocycles. The van der Waals surface area contributed by atoms with Gasteiger partial charge in [0.05, 0.1) is 0 Å². The van der Waals surface area contributed by atoms with E-state index < -0.39 is 0 Å². The van der Waals surface area contributed by atoms with Gasteiger partial charge in [0.25, 0.3) is 0 Å². The summed E-state index contributed by atoms with van der Waals surface area (Å²) in [5, 5.41) is 3.64. The molecule has 0 amide bonds. The zero-order valence-electron chi connectivity index (χ0n) is 12.2. The first kappa shape index (κ1) is 14.9. The number of hydrogen-bond acceptors (Lipinski definition) is 3. The lowest BCUT2D eigenvalue weighted by Crippen LogP contribution is -2.43. The minimum atomic E-state index is 0.694. The van der Waals surface area contributed by atoms with Crippen LogP contribution in [0.15, 0.2) is 29.2 Å². The van der Waals surface area contributed by atoms with Gasteiger partial charge in [-0.3, -0.25) is 4.90 Å². The van der Waals surface area contributed by atoms with Gasteiger partial charge >= 0.3 is 0 Å². The maximum absolute atomic E-state index is 3.64. The van der Waals surface area contributed by atoms with Crippen molar-refractivity contribution in [2.24, 2.45) is 0 Å². The van der Waals surface area contributed by atoms with Crippen LogP contribution in [0, 0.1) is 0 Å². The van der Waals surface area contributed by atoms with E-state index in [1.54, 1.807) is 0 Å². The van der Waals surface area contributed by atoms with Crippen molar-refractivity contribution < 1.29 is 0 Å². The van der Waals surface area contributed by atoms with Crippen LogP contribution in [-0.4, -0.2) is 36.8 Å². The minimum absolute atomic E-state index is 0.694. The van der Waals surface area contributed by atoms with Crippen LogP contribution in [0.2, 0.25) is 0 Å². The Morgan fingerprint density at radius 3 is 2.63 bits per heavy atom. The van der Waals surface area contributed by atoms with Gasteiger partial charge in [-0.1, -0.05) is 25.5 Å². The van der Waals surface area contributed by atoms with Gasteiger partial charge in [-0.15, -0.1) is 11.8 Å². The summed E-state index contributed by atoms with van der Waals surface area (Å²) in [6.07, 6.45) is 6.19. The number of thioether (sulfide) groups is 1. The van der Waals surface area contributed by atoms with E-state index in [4.69, 9.17) is 0 Å². The van der Waals surface area contributed by atoms with Crippen LogP contribution in [0.1, 0.15) is 31.7 Å². The molecule has 0 aliphatic carbocycles. The molecule has 1 unspecified atom stereocenters. The summed E-state index contributed by atoms with van der Waals surface area (Å²) in [4.78, 5) is 3.90. The Hall–Kier alpha value is -0.510. The maximum atomic E-state index is 3.64. The molecule has 1 aliphatic rings. The Morgan fingerprint density at radius 2 is 2.05 bits per heavy atom. The molecule has 19 heavy (non-hydrogen) atoms. The molecule has 106 valence electrons. The fourth-order valence-corrected chi connectivity index (χ4v) is 3.09. The van der Waals surface area contributed by atoms with Crippen LogP contribution < -0.4 is 5.32 Å². The molecule has 0 radical (unpaired) electrons. The van der Waals surface area contributed by atoms with Crippen LogP contribution in [-0.2, 0) is 6.54 Å². The molecule has 1 atom stereocenters. The van der Waals surface area contributed by atoms with E-state index in [9.17, 15) is 0 Å². The van der Waals surface area contributed by atoms with Crippen LogP contribution in [0.5, 0.6) is 0 Å². The number of piperidine rings is 1. The highest BCUT2D eigenvalue weighted by atomic mass is 32.2. The number of hydrogen-bond donors (Lipinski definition) is 1. The number of benzene rings is 1. The first-order valence-corrected chi connectivity index (χ1v) is 8.63. The van der Waals surface area contributed by atoms with Crippen LogP contribution >= 0.6 is 11.8 Å². The van der Waals surface area contributed by atoms with Crippen molar-refractivity contribution >= 4 is 11.8 Å². The van der Waals surface area contributed by atoms with E-state index >= 15 is 0 Å². The molecule has 0 spiro atoms. The first-order chi connectivity index (χ1) is 9.31. The molecule has 0 saturated carbocycles. The average molecular weight is 278 g/mol. The predicted octanol–water partition coefficient (Wildman–Crippen LogP) is 3.37. The van der Waals surface area contributed by atoms with Gasteiger partial charge in [0.2, 0.25) is 0 Å². The summed E-state index contributed by atoms with van der Waals surface area (Å²) in [6, 6.07) is 9.68. The molecule has 1 aromatic rings. The predicted molar refractivity (Wildman–Crippen MR) is 84.8 cm³/mol. The zero-order valence-corrected chi connectivity index (χ0v) is 13.0. The van der Waals surface area contributed by atoms with E-state index in [2.05, 4.69) is 47.7 Å². The molecule has 0 bridgehead atoms. The molecule has 1 fully saturated rings. The molecule has 3 heteroatoms. The summed E-state index contributed by atoms with van der Waals surface area (Å²) < 4.78 is 0. The second-order valence-electron chi connectivity index (χ2n) is 5.32. The monoisotopic (exact) mass is 278 g/mol. The summed E-state index contributed by atoms with van der Waals surface area (Å²) in [7, 11) is 0. The van der Waals surface area contributed by atoms with Crippen molar-refractivity contribution in [1.29, 1.82) is 0 Å². The standard InChI is InChI=1S/C16H26N2S/c1-3-18(13-15-6-4-5-11-17-15)12-14-7-9-16(19-2)10-8-14/h7-10,15,17H,3-6,11-13H2,1-2H3. The Bertz CT molecular complexity index is 358. The molecule has 1 heterocycles. The smallest absolute Gasteiger partial charge is 0.0234 e. The second-order valence-corrected chi connectivity index (χ2v) is 6.20. The van der Waals surface area contributed by atoms with E-state index in [1.807, 2.05) is 11.8 Å². The highest BCUT2D eigenvalue weighted by Crippen LogP contribution is 2.16. The highest BCUT2D eigenvalue weighted by Gasteiger charge is 2.15. The quantitative estimate of drug-likeness (QED) is 0.803. The van der Waals surface area contributed by atoms with E-state index in [1.165, 1.54) is 42.8 Å². The normalized spacial score (nSPS) is 19.8. The fraction of sp³-hybridized carbons (Fsp3) is 0.625. The van der Waals surface area contributed by atoms with Gasteiger partial charge in [0, 0.05) is 24.0 Å². The van der Waals surface area contributed by atoms with Gasteiger partial charge in [-0.05, 0) is 49.9 Å². The topological polar surface area (TPSA) is 15.3 Å². The largest absolute Gasteiger partial charge is 0.313 e. The molecule has 0 aromatic heterocycles. The van der Waals surface area contributed by atoms with Crippen molar-refractivity contribution in [3.05, 3.63) is 29.8 Å². The summed E-state index contributed by atoms with van der Waals surface area (Å²) in [5.41, 5.74) is 1.43. The van der Waals surface area contributed by atoms with Crippen molar-refractivity contribution in [2.75, 3.05) is 25.9 Å². The Labute approximate surface area is 122 Å². The van der Waals surface area contributed by atoms with Crippen LogP contribution in [0.3, 0.4) is 0 Å². The van der Waals surface area contributed by atoms with Crippen molar-refractivity contribution in [2.45, 2.75) is 43.7 Å². The molecule has 1 saturated heterocycles. The van der Waals surface area contributed by atoms with Gasteiger partial charge in [0.15, 0.2) is 0 Å². The molecule has 2 nitrogen and oxygen atoms in total. The average Bonchev–Trinajstić information content (AvgIpc) is 2.48. The summed E-state index contributed by atoms with van der Waals surface area (Å²) in [6.45, 7) is 6.84. The van der Waals surface area contributed by atoms with Gasteiger partial charge in [-0.25, -0.2) is 0 Å². The molecule has 1 aliphatic heterocycles. The maximum Gasteiger partial charge on any atom is 0.0234 e. The lowest BCUT2D eigenvalue weighted by molar-refractivity contribution is 0.226. The number of rotatable bonds is 6. The molecule has 1 N–H and O–H groups in total. The second kappa shape index (κ2) is 7.93. The van der Waals surface area contributed by atoms with Gasteiger partial charge in [-0.2, -0.15) is 0 Å². The van der Waals surface area contributed by atoms with Crippen molar-refractivity contribution in [1.82, 2.24) is 10.2 Å². The van der Waals surface area contributed by atoms with Crippen LogP contribution in [0.4, 0.5) is 0 Å². The third-order valence-corrected chi connectivity index (χ3v) is 4.65. The van der Waals surface area contributed by atoms with Crippen LogP contribution in [0.25, 0.3) is 0 Å². The van der Waals surface area contributed by atoms with Gasteiger partial charge in [0.1, 0.15) is 0 Å².